The fraction of sp³-hybridized carbons (Fsp3) is 0.850. The van der Waals surface area contributed by atoms with Gasteiger partial charge >= 0.3 is 13.8 Å². The minimum Gasteiger partial charge on any atom is -0.490 e. The topological polar surface area (TPSA) is 143 Å². The van der Waals surface area contributed by atoms with Crippen LogP contribution >= 0.6 is 7.82 Å². The predicted molar refractivity (Wildman–Crippen MR) is 110 cm³/mol. The Bertz CT molecular complexity index is 573. The molecule has 0 saturated carbocycles. The number of carbonyl (C=O) groups excluding carboxylic acids is 1. The molecule has 0 fully saturated rings. The average Bonchev–Trinajstić information content (AvgIpc) is 2.99. The normalized spacial score (nSPS) is 17.9. The predicted octanol–water partition coefficient (Wildman–Crippen LogP) is 3.30. The number of aliphatic hydroxyl groups excluding tert-OH is 2. The number of carbonyl (C=O) groups is 1. The fourth-order valence-corrected chi connectivity index (χ4v) is 3.68. The van der Waals surface area contributed by atoms with E-state index < -0.39 is 38.4 Å². The maximum atomic E-state index is 11.8. The van der Waals surface area contributed by atoms with Gasteiger partial charge in [-0.25, -0.2) is 9.36 Å². The highest BCUT2D eigenvalue weighted by molar-refractivity contribution is 7.46. The van der Waals surface area contributed by atoms with Crippen LogP contribution in [0.3, 0.4) is 0 Å². The second kappa shape index (κ2) is 14.8. The Morgan fingerprint density at radius 1 is 0.967 bits per heavy atom. The van der Waals surface area contributed by atoms with Gasteiger partial charge in [-0.15, -0.1) is 0 Å². The van der Waals surface area contributed by atoms with Crippen molar-refractivity contribution < 1.29 is 43.4 Å². The lowest BCUT2D eigenvalue weighted by atomic mass is 10.1. The first kappa shape index (κ1) is 26.9. The molecule has 2 atom stereocenters. The summed E-state index contributed by atoms with van der Waals surface area (Å²) in [6.07, 6.45) is 11.2. The lowest BCUT2D eigenvalue weighted by Crippen LogP contribution is -2.32. The maximum Gasteiger partial charge on any atom is 0.525 e. The third-order valence-electron chi connectivity index (χ3n) is 4.90. The smallest absolute Gasteiger partial charge is 0.490 e. The van der Waals surface area contributed by atoms with Crippen LogP contribution in [0.15, 0.2) is 11.5 Å². The van der Waals surface area contributed by atoms with Crippen LogP contribution in [-0.4, -0.2) is 51.4 Å². The van der Waals surface area contributed by atoms with Crippen LogP contribution in [0, 0.1) is 0 Å². The molecule has 1 aliphatic rings. The Hall–Kier alpha value is -1.12. The number of unbranched alkanes of at least 4 members (excludes halogenated alkanes) is 11. The summed E-state index contributed by atoms with van der Waals surface area (Å²) >= 11 is 0. The molecule has 10 heteroatoms. The highest BCUT2D eigenvalue weighted by atomic mass is 31.2. The number of esters is 1. The van der Waals surface area contributed by atoms with Gasteiger partial charge in [-0.05, 0) is 6.42 Å². The number of phosphoric acid groups is 1. The minimum absolute atomic E-state index is 0.173. The molecule has 1 rings (SSSR count). The lowest BCUT2D eigenvalue weighted by Gasteiger charge is -2.18. The molecule has 1 aliphatic heterocycles. The molecule has 176 valence electrons. The van der Waals surface area contributed by atoms with Crippen molar-refractivity contribution in [2.75, 3.05) is 13.2 Å². The lowest BCUT2D eigenvalue weighted by molar-refractivity contribution is -0.148. The second-order valence-corrected chi connectivity index (χ2v) is 8.75. The summed E-state index contributed by atoms with van der Waals surface area (Å²) in [4.78, 5) is 29.7. The largest absolute Gasteiger partial charge is 0.525 e. The molecular formula is C20H37O9P. The van der Waals surface area contributed by atoms with Gasteiger partial charge in [-0.3, -0.25) is 9.79 Å². The SMILES string of the molecule is CCCCCCCCCCCCCCOC1=C(OP(=O)(O)O)C(=O)O[C@@H]1[C@@H](O)CO. The number of rotatable bonds is 18. The maximum absolute atomic E-state index is 11.8. The molecule has 0 aliphatic carbocycles. The summed E-state index contributed by atoms with van der Waals surface area (Å²) in [7, 11) is -5.01. The molecule has 0 aromatic rings. The third kappa shape index (κ3) is 10.8. The van der Waals surface area contributed by atoms with Gasteiger partial charge in [0, 0.05) is 0 Å². The number of phosphoric ester groups is 1. The van der Waals surface area contributed by atoms with Crippen LogP contribution < -0.4 is 0 Å². The summed E-state index contributed by atoms with van der Waals surface area (Å²) in [6.45, 7) is 1.67. The summed E-state index contributed by atoms with van der Waals surface area (Å²) in [6, 6.07) is 0. The van der Waals surface area contributed by atoms with Gasteiger partial charge in [0.1, 0.15) is 6.10 Å². The Kier molecular flexibility index (Phi) is 13.3. The van der Waals surface area contributed by atoms with E-state index in [1.165, 1.54) is 51.4 Å². The van der Waals surface area contributed by atoms with Crippen LogP contribution in [0.5, 0.6) is 0 Å². The highest BCUT2D eigenvalue weighted by Crippen LogP contribution is 2.42. The number of aliphatic hydroxyl groups is 2. The van der Waals surface area contributed by atoms with Crippen molar-refractivity contribution in [3.05, 3.63) is 11.5 Å². The standard InChI is InChI=1S/C20H37O9P/c1-2-3-4-5-6-7-8-9-10-11-12-13-14-27-18-17(16(22)15-21)28-20(23)19(18)29-30(24,25)26/h16-17,21-22H,2-15H2,1H3,(H2,24,25,26)/t16-,17+/m0/s1. The number of hydrogen-bond donors (Lipinski definition) is 4. The summed E-state index contributed by atoms with van der Waals surface area (Å²) in [5, 5.41) is 18.9. The van der Waals surface area contributed by atoms with Crippen molar-refractivity contribution in [3.63, 3.8) is 0 Å². The zero-order valence-electron chi connectivity index (χ0n) is 17.8. The second-order valence-electron chi connectivity index (χ2n) is 7.59. The third-order valence-corrected chi connectivity index (χ3v) is 5.32. The van der Waals surface area contributed by atoms with Crippen LogP contribution in [0.25, 0.3) is 0 Å². The van der Waals surface area contributed by atoms with Crippen molar-refractivity contribution in [1.82, 2.24) is 0 Å². The Morgan fingerprint density at radius 2 is 1.47 bits per heavy atom. The minimum atomic E-state index is -5.01. The van der Waals surface area contributed by atoms with E-state index in [9.17, 15) is 14.5 Å². The quantitative estimate of drug-likeness (QED) is 0.140. The first-order chi connectivity index (χ1) is 14.3. The molecule has 0 bridgehead atoms. The van der Waals surface area contributed by atoms with Crippen LogP contribution in [0.2, 0.25) is 0 Å². The zero-order valence-corrected chi connectivity index (χ0v) is 18.7. The Labute approximate surface area is 178 Å². The first-order valence-electron chi connectivity index (χ1n) is 10.9. The molecule has 0 spiro atoms. The van der Waals surface area contributed by atoms with E-state index in [1.807, 2.05) is 0 Å². The molecule has 0 saturated heterocycles. The average molecular weight is 452 g/mol. The summed E-state index contributed by atoms with van der Waals surface area (Å²) in [5.41, 5.74) is 0. The number of cyclic esters (lactones) is 1. The summed E-state index contributed by atoms with van der Waals surface area (Å²) in [5.74, 6) is -2.21. The van der Waals surface area contributed by atoms with E-state index in [4.69, 9.17) is 24.4 Å². The van der Waals surface area contributed by atoms with Crippen LogP contribution in [0.1, 0.15) is 84.0 Å². The van der Waals surface area contributed by atoms with Gasteiger partial charge in [-0.1, -0.05) is 77.6 Å². The number of hydrogen-bond acceptors (Lipinski definition) is 7. The molecule has 4 N–H and O–H groups in total. The zero-order chi connectivity index (χ0) is 22.4. The molecule has 0 aromatic heterocycles. The van der Waals surface area contributed by atoms with E-state index >= 15 is 0 Å². The van der Waals surface area contributed by atoms with Gasteiger partial charge in [0.15, 0.2) is 11.9 Å². The molecule has 0 unspecified atom stereocenters. The van der Waals surface area contributed by atoms with E-state index in [0.717, 1.165) is 19.3 Å². The fourth-order valence-electron chi connectivity index (χ4n) is 3.28. The van der Waals surface area contributed by atoms with E-state index in [1.54, 1.807) is 0 Å². The molecule has 0 aromatic carbocycles. The summed E-state index contributed by atoms with van der Waals surface area (Å²) < 4.78 is 25.7. The van der Waals surface area contributed by atoms with Crippen molar-refractivity contribution in [1.29, 1.82) is 0 Å². The molecule has 0 amide bonds. The number of ether oxygens (including phenoxy) is 2. The van der Waals surface area contributed by atoms with Crippen molar-refractivity contribution in [2.24, 2.45) is 0 Å². The molecule has 1 heterocycles. The molecule has 9 nitrogen and oxygen atoms in total. The molecular weight excluding hydrogens is 415 g/mol. The monoisotopic (exact) mass is 452 g/mol. The molecule has 30 heavy (non-hydrogen) atoms. The Balaban J connectivity index is 2.29. The van der Waals surface area contributed by atoms with Crippen LogP contribution in [-0.2, 0) is 23.4 Å². The Morgan fingerprint density at radius 3 is 1.93 bits per heavy atom. The molecule has 0 radical (unpaired) electrons. The van der Waals surface area contributed by atoms with E-state index in [2.05, 4.69) is 11.4 Å². The van der Waals surface area contributed by atoms with Gasteiger partial charge in [0.25, 0.3) is 5.76 Å². The van der Waals surface area contributed by atoms with Gasteiger partial charge in [-0.2, -0.15) is 0 Å². The van der Waals surface area contributed by atoms with Gasteiger partial charge in [0.05, 0.1) is 13.2 Å². The van der Waals surface area contributed by atoms with Gasteiger partial charge in [0.2, 0.25) is 0 Å². The van der Waals surface area contributed by atoms with Crippen molar-refractivity contribution in [2.45, 2.75) is 96.2 Å². The van der Waals surface area contributed by atoms with E-state index in [0.29, 0.717) is 6.42 Å². The van der Waals surface area contributed by atoms with Crippen molar-refractivity contribution >= 4 is 13.8 Å². The highest BCUT2D eigenvalue weighted by Gasteiger charge is 2.44. The first-order valence-corrected chi connectivity index (χ1v) is 12.4. The van der Waals surface area contributed by atoms with Gasteiger partial charge < -0.3 is 24.2 Å². The van der Waals surface area contributed by atoms with Crippen LogP contribution in [0.4, 0.5) is 0 Å². The van der Waals surface area contributed by atoms with E-state index in [-0.39, 0.29) is 12.4 Å². The van der Waals surface area contributed by atoms with Crippen molar-refractivity contribution in [3.8, 4) is 0 Å².